The Bertz CT molecular complexity index is 1060. The first-order valence-electron chi connectivity index (χ1n) is 8.29. The van der Waals surface area contributed by atoms with Gasteiger partial charge in [0.1, 0.15) is 0 Å². The summed E-state index contributed by atoms with van der Waals surface area (Å²) < 4.78 is 0. The lowest BCUT2D eigenvalue weighted by Gasteiger charge is -2.22. The second kappa shape index (κ2) is 6.72. The number of rotatable bonds is 5. The van der Waals surface area contributed by atoms with E-state index in [0.29, 0.717) is 5.56 Å². The summed E-state index contributed by atoms with van der Waals surface area (Å²) in [5.74, 6) is -0.946. The predicted molar refractivity (Wildman–Crippen MR) is 101 cm³/mol. The molecule has 4 rings (SSSR count). The van der Waals surface area contributed by atoms with Crippen molar-refractivity contribution in [3.05, 3.63) is 95.9 Å². The van der Waals surface area contributed by atoms with Crippen molar-refractivity contribution in [3.63, 3.8) is 0 Å². The van der Waals surface area contributed by atoms with E-state index in [1.165, 1.54) is 0 Å². The van der Waals surface area contributed by atoms with Gasteiger partial charge in [-0.05, 0) is 29.8 Å². The molecule has 1 atom stereocenters. The van der Waals surface area contributed by atoms with E-state index in [0.717, 1.165) is 22.2 Å². The average molecular weight is 343 g/mol. The van der Waals surface area contributed by atoms with Crippen LogP contribution in [0.1, 0.15) is 27.5 Å². The lowest BCUT2D eigenvalue weighted by molar-refractivity contribution is 0.0695. The third-order valence-electron chi connectivity index (χ3n) is 4.41. The van der Waals surface area contributed by atoms with Gasteiger partial charge in [-0.2, -0.15) is 0 Å². The molecule has 0 aliphatic rings. The molecule has 0 aliphatic carbocycles. The lowest BCUT2D eigenvalue weighted by atomic mass is 9.93. The van der Waals surface area contributed by atoms with Crippen molar-refractivity contribution in [1.82, 2.24) is 9.97 Å². The fourth-order valence-corrected chi connectivity index (χ4v) is 3.21. The number of benzene rings is 2. The maximum absolute atomic E-state index is 11.8. The zero-order chi connectivity index (χ0) is 17.9. The Morgan fingerprint density at radius 3 is 2.62 bits per heavy atom. The number of hydrogen-bond acceptors (Lipinski definition) is 3. The first kappa shape index (κ1) is 15.9. The first-order valence-corrected chi connectivity index (χ1v) is 8.29. The maximum atomic E-state index is 11.8. The largest absolute Gasteiger partial charge is 0.478 e. The summed E-state index contributed by atoms with van der Waals surface area (Å²) in [5, 5.41) is 14.1. The van der Waals surface area contributed by atoms with Crippen LogP contribution in [0.25, 0.3) is 10.9 Å². The molecule has 128 valence electrons. The average Bonchev–Trinajstić information content (AvgIpc) is 3.11. The van der Waals surface area contributed by atoms with Crippen molar-refractivity contribution in [2.75, 3.05) is 5.32 Å². The number of pyridine rings is 1. The molecule has 1 unspecified atom stereocenters. The van der Waals surface area contributed by atoms with Crippen LogP contribution < -0.4 is 5.32 Å². The number of nitrogens with zero attached hydrogens (tertiary/aromatic N) is 1. The number of hydrogen-bond donors (Lipinski definition) is 3. The van der Waals surface area contributed by atoms with E-state index < -0.39 is 5.97 Å². The van der Waals surface area contributed by atoms with Crippen LogP contribution in [0.15, 0.2) is 79.3 Å². The van der Waals surface area contributed by atoms with Crippen molar-refractivity contribution in [2.24, 2.45) is 0 Å². The number of anilines is 1. The van der Waals surface area contributed by atoms with Crippen LogP contribution in [-0.4, -0.2) is 21.0 Å². The van der Waals surface area contributed by atoms with Crippen LogP contribution in [-0.2, 0) is 0 Å². The number of aromatic amines is 1. The molecule has 0 radical (unpaired) electrons. The number of carboxylic acid groups (broad SMARTS) is 1. The van der Waals surface area contributed by atoms with E-state index in [9.17, 15) is 9.90 Å². The molecule has 0 spiro atoms. The Balaban J connectivity index is 1.89. The summed E-state index contributed by atoms with van der Waals surface area (Å²) >= 11 is 0. The number of fused-ring (bicyclic) bond motifs is 1. The monoisotopic (exact) mass is 343 g/mol. The Labute approximate surface area is 150 Å². The van der Waals surface area contributed by atoms with Gasteiger partial charge in [-0.15, -0.1) is 0 Å². The fourth-order valence-electron chi connectivity index (χ4n) is 3.21. The molecule has 0 bridgehead atoms. The van der Waals surface area contributed by atoms with E-state index in [1.54, 1.807) is 24.5 Å². The van der Waals surface area contributed by atoms with Gasteiger partial charge >= 0.3 is 5.97 Å². The summed E-state index contributed by atoms with van der Waals surface area (Å²) in [5.41, 5.74) is 3.79. The second-order valence-corrected chi connectivity index (χ2v) is 6.00. The van der Waals surface area contributed by atoms with Crippen molar-refractivity contribution >= 4 is 22.6 Å². The molecule has 2 heterocycles. The zero-order valence-corrected chi connectivity index (χ0v) is 13.9. The molecule has 4 aromatic rings. The summed E-state index contributed by atoms with van der Waals surface area (Å²) in [7, 11) is 0. The van der Waals surface area contributed by atoms with Crippen molar-refractivity contribution < 1.29 is 9.90 Å². The number of para-hydroxylation sites is 1. The molecule has 0 saturated carbocycles. The molecule has 0 aliphatic heterocycles. The number of carboxylic acids is 1. The van der Waals surface area contributed by atoms with Crippen LogP contribution in [0.4, 0.5) is 5.69 Å². The highest BCUT2D eigenvalue weighted by molar-refractivity contribution is 5.91. The lowest BCUT2D eigenvalue weighted by Crippen LogP contribution is -2.16. The van der Waals surface area contributed by atoms with Gasteiger partial charge < -0.3 is 15.4 Å². The Morgan fingerprint density at radius 1 is 1.00 bits per heavy atom. The van der Waals surface area contributed by atoms with E-state index >= 15 is 0 Å². The van der Waals surface area contributed by atoms with Gasteiger partial charge in [0.05, 0.1) is 17.3 Å². The third-order valence-corrected chi connectivity index (χ3v) is 4.41. The third kappa shape index (κ3) is 2.91. The highest BCUT2D eigenvalue weighted by Crippen LogP contribution is 2.33. The molecular formula is C21H17N3O2. The summed E-state index contributed by atoms with van der Waals surface area (Å²) in [6.07, 6.45) is 5.36. The highest BCUT2D eigenvalue weighted by Gasteiger charge is 2.23. The van der Waals surface area contributed by atoms with Gasteiger partial charge in [0.25, 0.3) is 0 Å². The Morgan fingerprint density at radius 2 is 1.81 bits per heavy atom. The smallest absolute Gasteiger partial charge is 0.336 e. The molecule has 2 aromatic carbocycles. The van der Waals surface area contributed by atoms with Gasteiger partial charge in [-0.25, -0.2) is 4.79 Å². The van der Waals surface area contributed by atoms with Crippen LogP contribution in [0.5, 0.6) is 0 Å². The molecule has 3 N–H and O–H groups in total. The number of H-pyrrole nitrogens is 1. The number of aromatic nitrogens is 2. The summed E-state index contributed by atoms with van der Waals surface area (Å²) in [6, 6.07) is 18.5. The van der Waals surface area contributed by atoms with Crippen molar-refractivity contribution in [1.29, 1.82) is 0 Å². The van der Waals surface area contributed by atoms with Crippen LogP contribution in [0.2, 0.25) is 0 Å². The molecule has 5 heteroatoms. The number of nitrogens with one attached hydrogen (secondary N) is 2. The highest BCUT2D eigenvalue weighted by atomic mass is 16.4. The minimum Gasteiger partial charge on any atom is -0.478 e. The van der Waals surface area contributed by atoms with Crippen LogP contribution in [0, 0.1) is 0 Å². The van der Waals surface area contributed by atoms with E-state index in [4.69, 9.17) is 0 Å². The topological polar surface area (TPSA) is 78.0 Å². The van der Waals surface area contributed by atoms with Crippen LogP contribution >= 0.6 is 0 Å². The molecule has 0 fully saturated rings. The van der Waals surface area contributed by atoms with Crippen LogP contribution in [0.3, 0.4) is 0 Å². The maximum Gasteiger partial charge on any atom is 0.336 e. The first-order chi connectivity index (χ1) is 12.7. The van der Waals surface area contributed by atoms with E-state index in [1.807, 2.05) is 54.7 Å². The minimum absolute atomic E-state index is 0.277. The van der Waals surface area contributed by atoms with Gasteiger partial charge in [-0.1, -0.05) is 36.4 Å². The van der Waals surface area contributed by atoms with Gasteiger partial charge in [0.2, 0.25) is 0 Å². The van der Waals surface area contributed by atoms with Gasteiger partial charge in [0.15, 0.2) is 0 Å². The number of carbonyl (C=O) groups is 1. The minimum atomic E-state index is -0.946. The fraction of sp³-hybridized carbons (Fsp3) is 0.0476. The van der Waals surface area contributed by atoms with Gasteiger partial charge in [-0.3, -0.25) is 4.98 Å². The SMILES string of the molecule is O=C(O)c1ccccc1C(Nc1cccnc1)c1c[nH]c2ccccc12. The Hall–Kier alpha value is -3.60. The zero-order valence-electron chi connectivity index (χ0n) is 13.9. The summed E-state index contributed by atoms with van der Waals surface area (Å²) in [6.45, 7) is 0. The quantitative estimate of drug-likeness (QED) is 0.500. The van der Waals surface area contributed by atoms with E-state index in [2.05, 4.69) is 15.3 Å². The molecule has 26 heavy (non-hydrogen) atoms. The normalized spacial score (nSPS) is 12.0. The standard InChI is InChI=1S/C21H17N3O2/c25-21(26)17-9-2-1-8-16(17)20(24-14-6-5-11-22-12-14)18-13-23-19-10-4-3-7-15(18)19/h1-13,20,23-24H,(H,25,26). The van der Waals surface area contributed by atoms with Gasteiger partial charge in [0, 0.05) is 35.1 Å². The second-order valence-electron chi connectivity index (χ2n) is 6.00. The van der Waals surface area contributed by atoms with Crippen molar-refractivity contribution in [3.8, 4) is 0 Å². The molecule has 0 saturated heterocycles. The molecular weight excluding hydrogens is 326 g/mol. The Kier molecular flexibility index (Phi) is 4.11. The van der Waals surface area contributed by atoms with Crippen molar-refractivity contribution in [2.45, 2.75) is 6.04 Å². The van der Waals surface area contributed by atoms with E-state index in [-0.39, 0.29) is 11.6 Å². The molecule has 5 nitrogen and oxygen atoms in total. The molecule has 2 aromatic heterocycles. The number of aromatic carboxylic acids is 1. The summed E-state index contributed by atoms with van der Waals surface area (Å²) in [4.78, 5) is 19.2. The predicted octanol–water partition coefficient (Wildman–Crippen LogP) is 4.46. The molecule has 0 amide bonds.